The van der Waals surface area contributed by atoms with E-state index in [1.165, 1.54) is 12.1 Å². The van der Waals surface area contributed by atoms with Gasteiger partial charge in [-0.2, -0.15) is 5.10 Å². The predicted octanol–water partition coefficient (Wildman–Crippen LogP) is 5.43. The number of ether oxygens (including phenoxy) is 1. The van der Waals surface area contributed by atoms with Crippen LogP contribution in [0.15, 0.2) is 78.9 Å². The van der Waals surface area contributed by atoms with Crippen LogP contribution in [0.4, 0.5) is 4.39 Å². The fourth-order valence-corrected chi connectivity index (χ4v) is 3.57. The molecule has 0 aliphatic carbocycles. The van der Waals surface area contributed by atoms with Crippen molar-refractivity contribution in [2.75, 3.05) is 6.61 Å². The second-order valence-corrected chi connectivity index (χ2v) is 7.43. The highest BCUT2D eigenvalue weighted by Crippen LogP contribution is 2.34. The van der Waals surface area contributed by atoms with Crippen LogP contribution in [-0.2, 0) is 17.8 Å². The Balaban J connectivity index is 1.83. The average molecular weight is 430 g/mol. The van der Waals surface area contributed by atoms with Gasteiger partial charge in [0.05, 0.1) is 17.9 Å². The first-order chi connectivity index (χ1) is 15.5. The number of halogens is 1. The van der Waals surface area contributed by atoms with Crippen molar-refractivity contribution in [1.29, 1.82) is 0 Å². The molecule has 0 unspecified atom stereocenters. The number of aliphatic carboxylic acids is 1. The largest absolute Gasteiger partial charge is 0.481 e. The first-order valence-corrected chi connectivity index (χ1v) is 10.4. The van der Waals surface area contributed by atoms with Crippen LogP contribution in [0.5, 0.6) is 5.75 Å². The van der Waals surface area contributed by atoms with Gasteiger partial charge in [-0.15, -0.1) is 0 Å². The number of carbonyl (C=O) groups is 1. The Bertz CT molecular complexity index is 1240. The maximum atomic E-state index is 14.0. The number of aromatic nitrogens is 2. The number of carboxylic acids is 1. The smallest absolute Gasteiger partial charge is 0.341 e. The molecule has 4 rings (SSSR count). The predicted molar refractivity (Wildman–Crippen MR) is 121 cm³/mol. The van der Waals surface area contributed by atoms with Gasteiger partial charge in [-0.25, -0.2) is 9.18 Å². The van der Waals surface area contributed by atoms with E-state index in [2.05, 4.69) is 0 Å². The summed E-state index contributed by atoms with van der Waals surface area (Å²) in [4.78, 5) is 11.0. The molecule has 3 aromatic carbocycles. The lowest BCUT2D eigenvalue weighted by atomic mass is 10.0. The third kappa shape index (κ3) is 4.86. The molecule has 0 saturated heterocycles. The number of carboxylic acid groups (broad SMARTS) is 1. The average Bonchev–Trinajstić information content (AvgIpc) is 3.22. The number of nitrogens with zero attached hydrogens (tertiary/aromatic N) is 2. The monoisotopic (exact) mass is 430 g/mol. The Kier molecular flexibility index (Phi) is 6.31. The van der Waals surface area contributed by atoms with E-state index in [1.54, 1.807) is 12.1 Å². The zero-order chi connectivity index (χ0) is 22.5. The van der Waals surface area contributed by atoms with E-state index < -0.39 is 12.6 Å². The van der Waals surface area contributed by atoms with E-state index >= 15 is 0 Å². The van der Waals surface area contributed by atoms with Crippen molar-refractivity contribution >= 4 is 5.97 Å². The Morgan fingerprint density at radius 2 is 1.81 bits per heavy atom. The van der Waals surface area contributed by atoms with Gasteiger partial charge in [0.15, 0.2) is 6.61 Å². The molecule has 0 fully saturated rings. The Labute approximate surface area is 185 Å². The Hall–Kier alpha value is -3.93. The molecule has 5 nitrogen and oxygen atoms in total. The topological polar surface area (TPSA) is 64.3 Å². The van der Waals surface area contributed by atoms with E-state index in [0.29, 0.717) is 29.1 Å². The van der Waals surface area contributed by atoms with E-state index in [9.17, 15) is 9.18 Å². The maximum absolute atomic E-state index is 14.0. The van der Waals surface area contributed by atoms with Gasteiger partial charge >= 0.3 is 5.97 Å². The molecule has 0 aliphatic heterocycles. The van der Waals surface area contributed by atoms with Crippen LogP contribution in [0.2, 0.25) is 0 Å². The third-order valence-corrected chi connectivity index (χ3v) is 5.15. The molecule has 0 saturated carbocycles. The highest BCUT2D eigenvalue weighted by molar-refractivity contribution is 5.74. The number of aryl methyl sites for hydroxylation is 1. The summed E-state index contributed by atoms with van der Waals surface area (Å²) in [7, 11) is 0. The minimum Gasteiger partial charge on any atom is -0.481 e. The van der Waals surface area contributed by atoms with Crippen LogP contribution in [0.3, 0.4) is 0 Å². The van der Waals surface area contributed by atoms with Crippen molar-refractivity contribution in [3.63, 3.8) is 0 Å². The summed E-state index contributed by atoms with van der Waals surface area (Å²) in [5.74, 6) is -0.930. The second-order valence-electron chi connectivity index (χ2n) is 7.43. The fraction of sp³-hybridized carbons (Fsp3) is 0.154. The van der Waals surface area contributed by atoms with Gasteiger partial charge in [-0.05, 0) is 47.9 Å². The number of hydrogen-bond donors (Lipinski definition) is 1. The van der Waals surface area contributed by atoms with E-state index in [-0.39, 0.29) is 5.82 Å². The van der Waals surface area contributed by atoms with Crippen LogP contribution in [-0.4, -0.2) is 27.5 Å². The highest BCUT2D eigenvalue weighted by atomic mass is 19.1. The Morgan fingerprint density at radius 3 is 2.53 bits per heavy atom. The van der Waals surface area contributed by atoms with Gasteiger partial charge in [0.25, 0.3) is 0 Å². The normalized spacial score (nSPS) is 10.8. The molecule has 1 heterocycles. The molecule has 0 aliphatic rings. The molecule has 162 valence electrons. The zero-order valence-corrected chi connectivity index (χ0v) is 17.7. The molecule has 6 heteroatoms. The summed E-state index contributed by atoms with van der Waals surface area (Å²) in [5, 5.41) is 13.9. The molecule has 4 aromatic rings. The third-order valence-electron chi connectivity index (χ3n) is 5.15. The van der Waals surface area contributed by atoms with Crippen LogP contribution >= 0.6 is 0 Å². The van der Waals surface area contributed by atoms with Gasteiger partial charge in [-0.3, -0.25) is 4.68 Å². The van der Waals surface area contributed by atoms with Crippen molar-refractivity contribution in [2.24, 2.45) is 0 Å². The second kappa shape index (κ2) is 9.47. The number of rotatable bonds is 8. The quantitative estimate of drug-likeness (QED) is 0.405. The Morgan fingerprint density at radius 1 is 1.00 bits per heavy atom. The van der Waals surface area contributed by atoms with Crippen LogP contribution in [0, 0.1) is 5.82 Å². The number of benzene rings is 3. The van der Waals surface area contributed by atoms with Gasteiger partial charge < -0.3 is 9.84 Å². The molecule has 0 spiro atoms. The molecule has 0 amide bonds. The maximum Gasteiger partial charge on any atom is 0.341 e. The minimum atomic E-state index is -1.05. The zero-order valence-electron chi connectivity index (χ0n) is 17.7. The van der Waals surface area contributed by atoms with Crippen LogP contribution < -0.4 is 4.74 Å². The summed E-state index contributed by atoms with van der Waals surface area (Å²) in [6.45, 7) is 2.11. The van der Waals surface area contributed by atoms with Crippen LogP contribution in [0.25, 0.3) is 22.5 Å². The molecular weight excluding hydrogens is 407 g/mol. The van der Waals surface area contributed by atoms with Crippen molar-refractivity contribution in [1.82, 2.24) is 9.78 Å². The van der Waals surface area contributed by atoms with E-state index in [1.807, 2.05) is 66.2 Å². The first kappa shape index (κ1) is 21.3. The fourth-order valence-electron chi connectivity index (χ4n) is 3.57. The van der Waals surface area contributed by atoms with Crippen molar-refractivity contribution in [3.05, 3.63) is 95.8 Å². The standard InChI is InChI=1S/C26H23FN2O3/c1-2-18-11-12-25(32-17-26(30)31)22(13-18)23-15-24(20-9-6-10-21(27)14-20)29(28-23)16-19-7-4-3-5-8-19/h3-15H,2,16-17H2,1H3,(H,30,31). The van der Waals surface area contributed by atoms with Gasteiger partial charge in [-0.1, -0.05) is 55.5 Å². The lowest BCUT2D eigenvalue weighted by Crippen LogP contribution is -2.10. The SMILES string of the molecule is CCc1ccc(OCC(=O)O)c(-c2cc(-c3cccc(F)c3)n(Cc3ccccc3)n2)c1. The van der Waals surface area contributed by atoms with Crippen molar-refractivity contribution in [3.8, 4) is 28.3 Å². The summed E-state index contributed by atoms with van der Waals surface area (Å²) in [6, 6.07) is 23.8. The molecule has 1 N–H and O–H groups in total. The summed E-state index contributed by atoms with van der Waals surface area (Å²) >= 11 is 0. The molecular formula is C26H23FN2O3. The van der Waals surface area contributed by atoms with Crippen LogP contribution in [0.1, 0.15) is 18.1 Å². The molecule has 0 bridgehead atoms. The van der Waals surface area contributed by atoms with Crippen molar-refractivity contribution in [2.45, 2.75) is 19.9 Å². The summed E-state index contributed by atoms with van der Waals surface area (Å²) in [5.41, 5.74) is 4.94. The van der Waals surface area contributed by atoms with Gasteiger partial charge in [0.2, 0.25) is 0 Å². The molecule has 1 aromatic heterocycles. The minimum absolute atomic E-state index is 0.324. The van der Waals surface area contributed by atoms with Gasteiger partial charge in [0.1, 0.15) is 11.6 Å². The molecule has 32 heavy (non-hydrogen) atoms. The lowest BCUT2D eigenvalue weighted by Gasteiger charge is -2.10. The highest BCUT2D eigenvalue weighted by Gasteiger charge is 2.17. The first-order valence-electron chi connectivity index (χ1n) is 10.4. The molecule has 0 radical (unpaired) electrons. The lowest BCUT2D eigenvalue weighted by molar-refractivity contribution is -0.139. The molecule has 0 atom stereocenters. The summed E-state index contributed by atoms with van der Waals surface area (Å²) in [6.07, 6.45) is 0.813. The number of hydrogen-bond acceptors (Lipinski definition) is 3. The van der Waals surface area contributed by atoms with Crippen molar-refractivity contribution < 1.29 is 19.0 Å². The van der Waals surface area contributed by atoms with E-state index in [0.717, 1.165) is 23.2 Å². The van der Waals surface area contributed by atoms with E-state index in [4.69, 9.17) is 14.9 Å². The van der Waals surface area contributed by atoms with Gasteiger partial charge in [0, 0.05) is 11.1 Å². The summed E-state index contributed by atoms with van der Waals surface area (Å²) < 4.78 is 21.3.